The number of carbonyl (C=O) groups is 1. The van der Waals surface area contributed by atoms with Gasteiger partial charge >= 0.3 is 0 Å². The molecule has 4 heterocycles. The second kappa shape index (κ2) is 7.24. The lowest BCUT2D eigenvalue weighted by Crippen LogP contribution is -2.49. The average Bonchev–Trinajstić information content (AvgIpc) is 3.43. The van der Waals surface area contributed by atoms with Crippen LogP contribution in [0.3, 0.4) is 0 Å². The summed E-state index contributed by atoms with van der Waals surface area (Å²) in [4.78, 5) is 28.3. The molecule has 2 aliphatic rings. The fourth-order valence-electron chi connectivity index (χ4n) is 4.06. The molecule has 0 radical (unpaired) electrons. The van der Waals surface area contributed by atoms with Crippen molar-refractivity contribution < 1.29 is 9.21 Å². The largest absolute Gasteiger partial charge is 0.459 e. The standard InChI is InChI=1S/C22H23N5O2/c1-16-15-20(24-22(23-16)27-9-8-17-5-2-3-6-18(17)27)25-10-12-26(13-11-25)21(28)19-7-4-14-29-19/h2-7,14-15H,8-13H2,1H3. The average molecular weight is 389 g/mol. The van der Waals surface area contributed by atoms with Crippen LogP contribution in [0.15, 0.2) is 53.1 Å². The number of amides is 1. The van der Waals surface area contributed by atoms with Gasteiger partial charge in [-0.3, -0.25) is 4.79 Å². The zero-order valence-corrected chi connectivity index (χ0v) is 16.4. The summed E-state index contributed by atoms with van der Waals surface area (Å²) in [6, 6.07) is 13.9. The van der Waals surface area contributed by atoms with Crippen LogP contribution in [0.4, 0.5) is 17.5 Å². The number of piperazine rings is 1. The molecule has 0 atom stereocenters. The Hall–Kier alpha value is -3.35. The Labute approximate surface area is 169 Å². The smallest absolute Gasteiger partial charge is 0.289 e. The fourth-order valence-corrected chi connectivity index (χ4v) is 4.06. The fraction of sp³-hybridized carbons (Fsp3) is 0.318. The summed E-state index contributed by atoms with van der Waals surface area (Å²) in [7, 11) is 0. The van der Waals surface area contributed by atoms with Crippen LogP contribution in [0, 0.1) is 6.92 Å². The number of aryl methyl sites for hydroxylation is 1. The molecule has 0 aliphatic carbocycles. The molecule has 148 valence electrons. The second-order valence-electron chi connectivity index (χ2n) is 7.45. The van der Waals surface area contributed by atoms with Gasteiger partial charge in [0, 0.05) is 50.2 Å². The molecule has 2 aromatic heterocycles. The number of benzene rings is 1. The maximum Gasteiger partial charge on any atom is 0.289 e. The molecule has 7 nitrogen and oxygen atoms in total. The molecule has 5 rings (SSSR count). The quantitative estimate of drug-likeness (QED) is 0.686. The van der Waals surface area contributed by atoms with E-state index in [1.165, 1.54) is 17.5 Å². The van der Waals surface area contributed by atoms with Crippen molar-refractivity contribution in [3.8, 4) is 0 Å². The molecule has 1 saturated heterocycles. The van der Waals surface area contributed by atoms with E-state index in [4.69, 9.17) is 14.4 Å². The van der Waals surface area contributed by atoms with E-state index in [0.717, 1.165) is 43.5 Å². The highest BCUT2D eigenvalue weighted by atomic mass is 16.3. The Morgan fingerprint density at radius 3 is 2.62 bits per heavy atom. The van der Waals surface area contributed by atoms with E-state index in [2.05, 4.69) is 34.1 Å². The van der Waals surface area contributed by atoms with Gasteiger partial charge in [-0.25, -0.2) is 4.98 Å². The molecule has 7 heteroatoms. The van der Waals surface area contributed by atoms with Crippen LogP contribution in [-0.2, 0) is 6.42 Å². The molecule has 0 saturated carbocycles. The van der Waals surface area contributed by atoms with Crippen LogP contribution >= 0.6 is 0 Å². The molecular formula is C22H23N5O2. The van der Waals surface area contributed by atoms with Gasteiger partial charge in [-0.1, -0.05) is 18.2 Å². The molecule has 1 amide bonds. The third kappa shape index (κ3) is 3.33. The van der Waals surface area contributed by atoms with Crippen molar-refractivity contribution in [2.24, 2.45) is 0 Å². The maximum absolute atomic E-state index is 12.5. The third-order valence-electron chi connectivity index (χ3n) is 5.58. The van der Waals surface area contributed by atoms with Gasteiger partial charge in [-0.05, 0) is 37.1 Å². The highest BCUT2D eigenvalue weighted by Crippen LogP contribution is 2.33. The zero-order chi connectivity index (χ0) is 19.8. The van der Waals surface area contributed by atoms with E-state index in [1.54, 1.807) is 12.1 Å². The number of carbonyl (C=O) groups excluding carboxylic acids is 1. The first-order valence-corrected chi connectivity index (χ1v) is 9.98. The van der Waals surface area contributed by atoms with Crippen LogP contribution in [0.25, 0.3) is 0 Å². The van der Waals surface area contributed by atoms with Crippen molar-refractivity contribution >= 4 is 23.4 Å². The second-order valence-corrected chi connectivity index (χ2v) is 7.45. The van der Waals surface area contributed by atoms with E-state index in [0.29, 0.717) is 18.8 Å². The number of hydrogen-bond acceptors (Lipinski definition) is 6. The minimum absolute atomic E-state index is 0.0529. The number of fused-ring (bicyclic) bond motifs is 1. The summed E-state index contributed by atoms with van der Waals surface area (Å²) >= 11 is 0. The number of hydrogen-bond donors (Lipinski definition) is 0. The number of anilines is 3. The molecule has 3 aromatic rings. The zero-order valence-electron chi connectivity index (χ0n) is 16.4. The van der Waals surface area contributed by atoms with Gasteiger partial charge in [-0.15, -0.1) is 0 Å². The third-order valence-corrected chi connectivity index (χ3v) is 5.58. The summed E-state index contributed by atoms with van der Waals surface area (Å²) in [6.45, 7) is 5.66. The summed E-state index contributed by atoms with van der Waals surface area (Å²) in [5.41, 5.74) is 3.48. The number of nitrogens with zero attached hydrogens (tertiary/aromatic N) is 5. The highest BCUT2D eigenvalue weighted by molar-refractivity contribution is 5.91. The number of para-hydroxylation sites is 1. The molecule has 1 fully saturated rings. The Bertz CT molecular complexity index is 1030. The van der Waals surface area contributed by atoms with Crippen molar-refractivity contribution in [1.29, 1.82) is 0 Å². The van der Waals surface area contributed by atoms with Crippen molar-refractivity contribution in [2.45, 2.75) is 13.3 Å². The van der Waals surface area contributed by atoms with Crippen molar-refractivity contribution in [1.82, 2.24) is 14.9 Å². The molecule has 0 unspecified atom stereocenters. The first kappa shape index (κ1) is 17.7. The molecular weight excluding hydrogens is 366 g/mol. The van der Waals surface area contributed by atoms with Gasteiger partial charge in [0.05, 0.1) is 6.26 Å². The van der Waals surface area contributed by atoms with Crippen LogP contribution in [0.5, 0.6) is 0 Å². The number of furan rings is 1. The van der Waals surface area contributed by atoms with Crippen LogP contribution in [0.2, 0.25) is 0 Å². The Kier molecular flexibility index (Phi) is 4.42. The van der Waals surface area contributed by atoms with E-state index < -0.39 is 0 Å². The first-order chi connectivity index (χ1) is 14.2. The topological polar surface area (TPSA) is 65.7 Å². The van der Waals surface area contributed by atoms with E-state index >= 15 is 0 Å². The monoisotopic (exact) mass is 389 g/mol. The Balaban J connectivity index is 1.33. The number of rotatable bonds is 3. The van der Waals surface area contributed by atoms with Gasteiger partial charge < -0.3 is 19.1 Å². The van der Waals surface area contributed by atoms with Crippen LogP contribution in [0.1, 0.15) is 21.8 Å². The Morgan fingerprint density at radius 1 is 1.00 bits per heavy atom. The molecule has 29 heavy (non-hydrogen) atoms. The summed E-state index contributed by atoms with van der Waals surface area (Å²) in [5.74, 6) is 2.01. The first-order valence-electron chi connectivity index (χ1n) is 9.98. The predicted molar refractivity (Wildman–Crippen MR) is 111 cm³/mol. The SMILES string of the molecule is Cc1cc(N2CCN(C(=O)c3ccco3)CC2)nc(N2CCc3ccccc32)n1. The summed E-state index contributed by atoms with van der Waals surface area (Å²) in [5, 5.41) is 0. The summed E-state index contributed by atoms with van der Waals surface area (Å²) < 4.78 is 5.25. The highest BCUT2D eigenvalue weighted by Gasteiger charge is 2.26. The Morgan fingerprint density at radius 2 is 1.83 bits per heavy atom. The van der Waals surface area contributed by atoms with Crippen molar-refractivity contribution in [3.63, 3.8) is 0 Å². The minimum Gasteiger partial charge on any atom is -0.459 e. The van der Waals surface area contributed by atoms with Gasteiger partial charge in [-0.2, -0.15) is 4.98 Å². The lowest BCUT2D eigenvalue weighted by atomic mass is 10.2. The number of aromatic nitrogens is 2. The lowest BCUT2D eigenvalue weighted by Gasteiger charge is -2.35. The van der Waals surface area contributed by atoms with Crippen LogP contribution in [-0.4, -0.2) is 53.5 Å². The molecule has 0 N–H and O–H groups in total. The van der Waals surface area contributed by atoms with E-state index in [9.17, 15) is 4.79 Å². The summed E-state index contributed by atoms with van der Waals surface area (Å²) in [6.07, 6.45) is 2.54. The van der Waals surface area contributed by atoms with Gasteiger partial charge in [0.15, 0.2) is 5.76 Å². The minimum atomic E-state index is -0.0529. The van der Waals surface area contributed by atoms with Gasteiger partial charge in [0.1, 0.15) is 5.82 Å². The molecule has 0 bridgehead atoms. The predicted octanol–water partition coefficient (Wildman–Crippen LogP) is 3.03. The van der Waals surface area contributed by atoms with Gasteiger partial charge in [0.25, 0.3) is 5.91 Å². The van der Waals surface area contributed by atoms with E-state index in [-0.39, 0.29) is 5.91 Å². The molecule has 1 aromatic carbocycles. The van der Waals surface area contributed by atoms with Crippen LogP contribution < -0.4 is 9.80 Å². The maximum atomic E-state index is 12.5. The molecule has 0 spiro atoms. The lowest BCUT2D eigenvalue weighted by molar-refractivity contribution is 0.0714. The van der Waals surface area contributed by atoms with Crippen molar-refractivity contribution in [3.05, 3.63) is 65.7 Å². The van der Waals surface area contributed by atoms with Crippen molar-refractivity contribution in [2.75, 3.05) is 42.5 Å². The molecule has 2 aliphatic heterocycles. The normalized spacial score (nSPS) is 16.2. The van der Waals surface area contributed by atoms with E-state index in [1.807, 2.05) is 17.9 Å². The van der Waals surface area contributed by atoms with Gasteiger partial charge in [0.2, 0.25) is 5.95 Å².